The molecule has 2 amide bonds. The van der Waals surface area contributed by atoms with Gasteiger partial charge in [-0.25, -0.2) is 0 Å². The van der Waals surface area contributed by atoms with Crippen LogP contribution in [0.2, 0.25) is 11.3 Å². The highest BCUT2D eigenvalue weighted by molar-refractivity contribution is 6.38. The third-order valence-corrected chi connectivity index (χ3v) is 4.38. The number of ether oxygens (including phenoxy) is 1. The lowest BCUT2D eigenvalue weighted by Crippen LogP contribution is -2.10. The maximum atomic E-state index is 12.5. The highest BCUT2D eigenvalue weighted by Gasteiger charge is 2.32. The third kappa shape index (κ3) is 2.68. The summed E-state index contributed by atoms with van der Waals surface area (Å²) in [6.45, 7) is 0.364. The molecule has 0 saturated heterocycles. The zero-order chi connectivity index (χ0) is 17.6. The molecule has 0 fully saturated rings. The van der Waals surface area contributed by atoms with Crippen molar-refractivity contribution in [3.63, 3.8) is 0 Å². The fourth-order valence-corrected chi connectivity index (χ4v) is 3.17. The van der Waals surface area contributed by atoms with Crippen LogP contribution in [-0.2, 0) is 20.9 Å². The average Bonchev–Trinajstić information content (AvgIpc) is 3.14. The van der Waals surface area contributed by atoms with Gasteiger partial charge in [0, 0.05) is 33.1 Å². The van der Waals surface area contributed by atoms with Gasteiger partial charge < -0.3 is 15.4 Å². The summed E-state index contributed by atoms with van der Waals surface area (Å²) in [5, 5.41) is 6.06. The van der Waals surface area contributed by atoms with Gasteiger partial charge in [-0.2, -0.15) is 0 Å². The Kier molecular flexibility index (Phi) is 3.77. The van der Waals surface area contributed by atoms with Crippen LogP contribution in [-0.4, -0.2) is 19.7 Å². The number of amides is 2. The Balaban J connectivity index is 1.84. The van der Waals surface area contributed by atoms with Gasteiger partial charge in [-0.3, -0.25) is 9.59 Å². The van der Waals surface area contributed by atoms with E-state index in [4.69, 9.17) is 24.2 Å². The highest BCUT2D eigenvalue weighted by Crippen LogP contribution is 2.42. The van der Waals surface area contributed by atoms with E-state index in [0.29, 0.717) is 39.9 Å². The minimum Gasteiger partial charge on any atom is -0.487 e. The predicted octanol–water partition coefficient (Wildman–Crippen LogP) is 3.22. The molecule has 2 aliphatic rings. The topological polar surface area (TPSA) is 67.4 Å². The number of nitrogens with one attached hydrogen (secondary N) is 2. The lowest BCUT2D eigenvalue weighted by molar-refractivity contribution is -0.114. The van der Waals surface area contributed by atoms with Gasteiger partial charge in [0.1, 0.15) is 12.4 Å². The zero-order valence-corrected chi connectivity index (χ0v) is 13.8. The molecule has 2 aromatic carbocycles. The summed E-state index contributed by atoms with van der Waals surface area (Å²) in [5.41, 5.74) is 4.16. The number of hydrogen-bond donors (Lipinski definition) is 2. The van der Waals surface area contributed by atoms with Crippen molar-refractivity contribution in [2.24, 2.45) is 0 Å². The van der Waals surface area contributed by atoms with Crippen LogP contribution in [0, 0.1) is 0 Å². The first kappa shape index (κ1) is 15.8. The first-order valence-electron chi connectivity index (χ1n) is 7.68. The van der Waals surface area contributed by atoms with E-state index in [0.717, 1.165) is 11.1 Å². The first-order chi connectivity index (χ1) is 12.1. The summed E-state index contributed by atoms with van der Waals surface area (Å²) < 4.78 is 5.80. The Morgan fingerprint density at radius 3 is 2.88 bits per heavy atom. The minimum atomic E-state index is -0.288. The van der Waals surface area contributed by atoms with Gasteiger partial charge in [-0.05, 0) is 36.7 Å². The van der Waals surface area contributed by atoms with Crippen LogP contribution in [0.1, 0.15) is 16.7 Å². The minimum absolute atomic E-state index is 0.101. The second-order valence-corrected chi connectivity index (χ2v) is 6.20. The van der Waals surface area contributed by atoms with Crippen LogP contribution < -0.4 is 10.6 Å². The van der Waals surface area contributed by atoms with Gasteiger partial charge in [-0.1, -0.05) is 17.7 Å². The van der Waals surface area contributed by atoms with Crippen LogP contribution in [0.4, 0.5) is 11.4 Å². The molecule has 0 unspecified atom stereocenters. The molecule has 122 valence electrons. The summed E-state index contributed by atoms with van der Waals surface area (Å²) in [4.78, 5) is 24.0. The van der Waals surface area contributed by atoms with E-state index in [1.54, 1.807) is 30.3 Å². The normalized spacial score (nSPS) is 17.6. The molecule has 25 heavy (non-hydrogen) atoms. The number of rotatable bonds is 2. The second kappa shape index (κ2) is 5.97. The summed E-state index contributed by atoms with van der Waals surface area (Å²) >= 11 is 6.08. The molecular weight excluding hydrogens is 338 g/mol. The molecule has 0 aromatic heterocycles. The van der Waals surface area contributed by atoms with E-state index in [9.17, 15) is 9.59 Å². The summed E-state index contributed by atoms with van der Waals surface area (Å²) in [7, 11) is 5.33. The van der Waals surface area contributed by atoms with Crippen molar-refractivity contribution in [2.45, 2.75) is 12.9 Å². The maximum Gasteiger partial charge on any atom is 0.260 e. The van der Waals surface area contributed by atoms with Crippen molar-refractivity contribution in [3.8, 4) is 0 Å². The molecule has 2 heterocycles. The van der Waals surface area contributed by atoms with Crippen molar-refractivity contribution in [1.29, 1.82) is 0 Å². The number of hydrogen-bond acceptors (Lipinski definition) is 3. The standard InChI is InChI=1S/C18H12BClN2O3/c19-7-15(23)21-11-3-1-9-8-25-17(12(9)6-11)16-13-5-10(20)2-4-14(13)22-18(16)24/h1-6H,7-8H2,(H,21,23)(H,22,24)/b17-16+. The van der Waals surface area contributed by atoms with Crippen LogP contribution in [0.3, 0.4) is 0 Å². The second-order valence-electron chi connectivity index (χ2n) is 5.76. The van der Waals surface area contributed by atoms with E-state index in [1.165, 1.54) is 0 Å². The number of anilines is 2. The smallest absolute Gasteiger partial charge is 0.260 e. The SMILES string of the molecule is [B]CC(=O)Nc1ccc2c(c1)/C(=C1\C(=O)Nc3ccc(Cl)cc31)OC2. The fraction of sp³-hybridized carbons (Fsp3) is 0.111. The number of fused-ring (bicyclic) bond motifs is 2. The van der Waals surface area contributed by atoms with E-state index in [-0.39, 0.29) is 18.1 Å². The van der Waals surface area contributed by atoms with Crippen LogP contribution >= 0.6 is 11.6 Å². The van der Waals surface area contributed by atoms with Gasteiger partial charge in [0.15, 0.2) is 0 Å². The number of halogens is 1. The summed E-state index contributed by atoms with van der Waals surface area (Å²) in [6, 6.07) is 10.6. The monoisotopic (exact) mass is 350 g/mol. The van der Waals surface area contributed by atoms with E-state index >= 15 is 0 Å². The number of benzene rings is 2. The van der Waals surface area contributed by atoms with E-state index in [1.807, 2.05) is 6.07 Å². The molecule has 5 nitrogen and oxygen atoms in total. The molecule has 7 heteroatoms. The van der Waals surface area contributed by atoms with E-state index in [2.05, 4.69) is 10.6 Å². The van der Waals surface area contributed by atoms with Gasteiger partial charge in [-0.15, -0.1) is 0 Å². The Morgan fingerprint density at radius 1 is 1.24 bits per heavy atom. The van der Waals surface area contributed by atoms with Gasteiger partial charge >= 0.3 is 0 Å². The first-order valence-corrected chi connectivity index (χ1v) is 8.06. The Hall–Kier alpha value is -2.73. The molecular formula is C18H12BClN2O3. The van der Waals surface area contributed by atoms with Crippen LogP contribution in [0.25, 0.3) is 11.3 Å². The molecule has 2 aromatic rings. The van der Waals surface area contributed by atoms with E-state index < -0.39 is 0 Å². The van der Waals surface area contributed by atoms with Gasteiger partial charge in [0.2, 0.25) is 5.91 Å². The number of carbonyl (C=O) groups is 2. The molecule has 0 saturated carbocycles. The summed E-state index contributed by atoms with van der Waals surface area (Å²) in [6.07, 6.45) is -0.101. The molecule has 2 radical (unpaired) electrons. The van der Waals surface area contributed by atoms with Crippen LogP contribution in [0.15, 0.2) is 36.4 Å². The molecule has 0 bridgehead atoms. The number of carbonyl (C=O) groups excluding carboxylic acids is 2. The lowest BCUT2D eigenvalue weighted by Gasteiger charge is -2.08. The zero-order valence-electron chi connectivity index (χ0n) is 13.1. The van der Waals surface area contributed by atoms with Crippen molar-refractivity contribution in [1.82, 2.24) is 0 Å². The Labute approximate surface area is 150 Å². The fourth-order valence-electron chi connectivity index (χ4n) is 3.00. The van der Waals surface area contributed by atoms with Crippen molar-refractivity contribution >= 4 is 54.0 Å². The maximum absolute atomic E-state index is 12.5. The molecule has 2 N–H and O–H groups in total. The average molecular weight is 351 g/mol. The molecule has 0 aliphatic carbocycles. The molecule has 2 aliphatic heterocycles. The predicted molar refractivity (Wildman–Crippen MR) is 97.3 cm³/mol. The largest absolute Gasteiger partial charge is 0.487 e. The van der Waals surface area contributed by atoms with Crippen LogP contribution in [0.5, 0.6) is 0 Å². The summed E-state index contributed by atoms with van der Waals surface area (Å²) in [5.74, 6) is -0.0438. The van der Waals surface area contributed by atoms with Crippen molar-refractivity contribution in [2.75, 3.05) is 10.6 Å². The van der Waals surface area contributed by atoms with Gasteiger partial charge in [0.25, 0.3) is 5.91 Å². The lowest BCUT2D eigenvalue weighted by atomic mass is 10.00. The molecule has 0 atom stereocenters. The Bertz CT molecular complexity index is 955. The van der Waals surface area contributed by atoms with Gasteiger partial charge in [0.05, 0.1) is 13.4 Å². The quantitative estimate of drug-likeness (QED) is 0.645. The highest BCUT2D eigenvalue weighted by atomic mass is 35.5. The van der Waals surface area contributed by atoms with Crippen molar-refractivity contribution in [3.05, 3.63) is 58.1 Å². The molecule has 4 rings (SSSR count). The van der Waals surface area contributed by atoms with Crippen molar-refractivity contribution < 1.29 is 14.3 Å². The third-order valence-electron chi connectivity index (χ3n) is 4.15. The Morgan fingerprint density at radius 2 is 2.08 bits per heavy atom. The molecule has 0 spiro atoms.